The molecule has 0 bridgehead atoms. The number of carbonyl (C=O) groups excluding carboxylic acids is 2. The highest BCUT2D eigenvalue weighted by Crippen LogP contribution is 2.19. The molecule has 0 aromatic heterocycles. The Balaban J connectivity index is 2.16. The molecule has 6 nitrogen and oxygen atoms in total. The fourth-order valence-electron chi connectivity index (χ4n) is 2.09. The lowest BCUT2D eigenvalue weighted by Gasteiger charge is -2.06. The van der Waals surface area contributed by atoms with Crippen molar-refractivity contribution in [1.82, 2.24) is 0 Å². The predicted octanol–water partition coefficient (Wildman–Crippen LogP) is 3.59. The Labute approximate surface area is 143 Å². The van der Waals surface area contributed by atoms with Crippen LogP contribution < -0.4 is 0 Å². The van der Waals surface area contributed by atoms with Gasteiger partial charge in [0.1, 0.15) is 0 Å². The highest BCUT2D eigenvalue weighted by atomic mass is 16.4. The molecule has 2 rings (SSSR count). The van der Waals surface area contributed by atoms with Crippen molar-refractivity contribution >= 4 is 29.3 Å². The molecule has 0 heterocycles. The van der Waals surface area contributed by atoms with Gasteiger partial charge in [0, 0.05) is 28.0 Å². The molecule has 1 N–H and O–H groups in total. The predicted molar refractivity (Wildman–Crippen MR) is 93.0 cm³/mol. The molecule has 0 radical (unpaired) electrons. The third kappa shape index (κ3) is 4.42. The zero-order valence-corrected chi connectivity index (χ0v) is 13.0. The summed E-state index contributed by atoms with van der Waals surface area (Å²) < 4.78 is 0. The van der Waals surface area contributed by atoms with Crippen LogP contribution in [-0.4, -0.2) is 22.8 Å². The van der Waals surface area contributed by atoms with Crippen molar-refractivity contribution in [3.8, 4) is 0 Å². The zero-order chi connectivity index (χ0) is 18.4. The molecule has 1 amide bonds. The molecule has 2 aromatic carbocycles. The van der Waals surface area contributed by atoms with Crippen molar-refractivity contribution in [2.45, 2.75) is 0 Å². The van der Waals surface area contributed by atoms with Crippen LogP contribution in [0.2, 0.25) is 0 Å². The summed E-state index contributed by atoms with van der Waals surface area (Å²) in [5.74, 6) is -2.24. The fourth-order valence-corrected chi connectivity index (χ4v) is 2.09. The maximum absolute atomic E-state index is 12.5. The average Bonchev–Trinajstić information content (AvgIpc) is 2.65. The Morgan fingerprint density at radius 1 is 0.880 bits per heavy atom. The molecule has 25 heavy (non-hydrogen) atoms. The van der Waals surface area contributed by atoms with Gasteiger partial charge in [0.15, 0.2) is 5.78 Å². The van der Waals surface area contributed by atoms with Crippen molar-refractivity contribution in [2.75, 3.05) is 0 Å². The second kappa shape index (κ2) is 7.74. The van der Waals surface area contributed by atoms with Gasteiger partial charge in [-0.3, -0.25) is 9.59 Å². The summed E-state index contributed by atoms with van der Waals surface area (Å²) >= 11 is 0. The molecular formula is C19H13NO5. The number of benzene rings is 2. The number of hydrogen-bond donors (Lipinski definition) is 1. The molecule has 0 unspecified atom stereocenters. The van der Waals surface area contributed by atoms with E-state index in [0.29, 0.717) is 16.7 Å². The van der Waals surface area contributed by atoms with Gasteiger partial charge in [0.05, 0.1) is 0 Å². The molecule has 124 valence electrons. The summed E-state index contributed by atoms with van der Waals surface area (Å²) in [7, 11) is 0. The normalized spacial score (nSPS) is 10.4. The lowest BCUT2D eigenvalue weighted by atomic mass is 9.96. The maximum atomic E-state index is 12.5. The van der Waals surface area contributed by atoms with Gasteiger partial charge < -0.3 is 5.11 Å². The van der Waals surface area contributed by atoms with Gasteiger partial charge in [-0.15, -0.1) is 4.91 Å². The van der Waals surface area contributed by atoms with E-state index in [1.54, 1.807) is 24.3 Å². The molecule has 0 atom stereocenters. The van der Waals surface area contributed by atoms with Crippen LogP contribution in [0.1, 0.15) is 31.8 Å². The molecule has 0 aliphatic carbocycles. The summed E-state index contributed by atoms with van der Waals surface area (Å²) in [6.07, 6.45) is 2.43. The number of nitroso groups, excluding NO2 is 1. The van der Waals surface area contributed by atoms with Crippen LogP contribution in [0.5, 0.6) is 0 Å². The Morgan fingerprint density at radius 2 is 1.40 bits per heavy atom. The molecule has 2 aromatic rings. The molecule has 6 heteroatoms. The van der Waals surface area contributed by atoms with Gasteiger partial charge in [-0.1, -0.05) is 43.0 Å². The number of hydrogen-bond acceptors (Lipinski definition) is 4. The third-order valence-corrected chi connectivity index (χ3v) is 3.43. The van der Waals surface area contributed by atoms with Crippen LogP contribution in [0, 0.1) is 4.91 Å². The maximum Gasteiger partial charge on any atom is 0.328 e. The molecule has 0 saturated carbocycles. The average molecular weight is 335 g/mol. The Bertz CT molecular complexity index is 877. The van der Waals surface area contributed by atoms with Gasteiger partial charge in [-0.05, 0) is 29.3 Å². The minimum Gasteiger partial charge on any atom is -0.478 e. The van der Waals surface area contributed by atoms with Crippen molar-refractivity contribution < 1.29 is 19.5 Å². The molecule has 0 spiro atoms. The molecule has 0 saturated heterocycles. The second-order valence-corrected chi connectivity index (χ2v) is 5.08. The number of nitrogens with zero attached hydrogens (tertiary/aromatic N) is 1. The monoisotopic (exact) mass is 335 g/mol. The van der Waals surface area contributed by atoms with Gasteiger partial charge in [0.2, 0.25) is 0 Å². The van der Waals surface area contributed by atoms with Gasteiger partial charge >= 0.3 is 11.9 Å². The number of carboxylic acids is 1. The second-order valence-electron chi connectivity index (χ2n) is 5.08. The zero-order valence-electron chi connectivity index (χ0n) is 13.0. The van der Waals surface area contributed by atoms with Crippen LogP contribution >= 0.6 is 0 Å². The number of aliphatic carboxylic acids is 1. The summed E-state index contributed by atoms with van der Waals surface area (Å²) in [6, 6.07) is 12.2. The standard InChI is InChI=1S/C19H13NO5/c1-12(14-7-9-16(10-8-14)19(24)20-25)18(23)15-5-2-13(3-6-15)4-11-17(21)22/h2-11H,1H2,(H,21,22)/b11-4+. The first kappa shape index (κ1) is 17.7. The van der Waals surface area contributed by atoms with Crippen molar-refractivity contribution in [2.24, 2.45) is 5.18 Å². The van der Waals surface area contributed by atoms with Crippen LogP contribution in [0.25, 0.3) is 11.6 Å². The number of rotatable bonds is 6. The molecule has 0 aliphatic heterocycles. The summed E-state index contributed by atoms with van der Waals surface area (Å²) in [5.41, 5.74) is 1.92. The molecular weight excluding hydrogens is 322 g/mol. The van der Waals surface area contributed by atoms with E-state index in [4.69, 9.17) is 5.11 Å². The van der Waals surface area contributed by atoms with E-state index >= 15 is 0 Å². The van der Waals surface area contributed by atoms with Gasteiger partial charge in [-0.25, -0.2) is 4.79 Å². The lowest BCUT2D eigenvalue weighted by Crippen LogP contribution is -2.02. The number of ketones is 1. The van der Waals surface area contributed by atoms with Crippen LogP contribution in [0.4, 0.5) is 0 Å². The largest absolute Gasteiger partial charge is 0.478 e. The van der Waals surface area contributed by atoms with Crippen molar-refractivity contribution in [1.29, 1.82) is 0 Å². The quantitative estimate of drug-likeness (QED) is 0.494. The smallest absolute Gasteiger partial charge is 0.328 e. The number of carbonyl (C=O) groups is 3. The summed E-state index contributed by atoms with van der Waals surface area (Å²) in [4.78, 5) is 44.3. The lowest BCUT2D eigenvalue weighted by molar-refractivity contribution is -0.131. The highest BCUT2D eigenvalue weighted by Gasteiger charge is 2.13. The van der Waals surface area contributed by atoms with E-state index in [9.17, 15) is 19.3 Å². The van der Waals surface area contributed by atoms with Gasteiger partial charge in [-0.2, -0.15) is 0 Å². The highest BCUT2D eigenvalue weighted by molar-refractivity contribution is 6.28. The molecule has 0 aliphatic rings. The van der Waals surface area contributed by atoms with E-state index in [1.165, 1.54) is 30.3 Å². The first-order valence-electron chi connectivity index (χ1n) is 7.15. The first-order valence-corrected chi connectivity index (χ1v) is 7.15. The summed E-state index contributed by atoms with van der Waals surface area (Å²) in [6.45, 7) is 3.77. The Hall–Kier alpha value is -3.67. The number of allylic oxidation sites excluding steroid dienone is 1. The van der Waals surface area contributed by atoms with Crippen molar-refractivity contribution in [3.63, 3.8) is 0 Å². The van der Waals surface area contributed by atoms with Crippen molar-refractivity contribution in [3.05, 3.63) is 88.3 Å². The van der Waals surface area contributed by atoms with Crippen LogP contribution in [0.3, 0.4) is 0 Å². The fraction of sp³-hybridized carbons (Fsp3) is 0. The van der Waals surface area contributed by atoms with E-state index in [2.05, 4.69) is 11.8 Å². The Morgan fingerprint density at radius 3 is 1.92 bits per heavy atom. The number of Topliss-reactive ketones (excluding diaryl/α,β-unsaturated/α-hetero) is 1. The third-order valence-electron chi connectivity index (χ3n) is 3.43. The van der Waals surface area contributed by atoms with E-state index in [0.717, 1.165) is 6.08 Å². The molecule has 0 fully saturated rings. The minimum atomic E-state index is -1.06. The van der Waals surface area contributed by atoms with E-state index in [-0.39, 0.29) is 16.9 Å². The van der Waals surface area contributed by atoms with Crippen LogP contribution in [0.15, 0.2) is 66.4 Å². The van der Waals surface area contributed by atoms with Crippen LogP contribution in [-0.2, 0) is 4.79 Å². The van der Waals surface area contributed by atoms with E-state index < -0.39 is 11.9 Å². The minimum absolute atomic E-state index is 0.133. The number of carboxylic acid groups (broad SMARTS) is 1. The SMILES string of the molecule is C=C(C(=O)c1ccc(/C=C/C(=O)O)cc1)c1ccc(C(=O)N=O)cc1. The Kier molecular flexibility index (Phi) is 5.47. The van der Waals surface area contributed by atoms with Gasteiger partial charge in [0.25, 0.3) is 0 Å². The topological polar surface area (TPSA) is 101 Å². The summed E-state index contributed by atoms with van der Waals surface area (Å²) in [5, 5.41) is 10.9. The number of amides is 1. The van der Waals surface area contributed by atoms with E-state index in [1.807, 2.05) is 0 Å². The first-order chi connectivity index (χ1) is 11.9.